The van der Waals surface area contributed by atoms with Crippen LogP contribution >= 0.6 is 0 Å². The molecule has 2 fully saturated rings. The number of benzene rings is 2. The van der Waals surface area contributed by atoms with Crippen molar-refractivity contribution >= 4 is 21.4 Å². The van der Waals surface area contributed by atoms with Crippen molar-refractivity contribution in [2.75, 3.05) is 43.9 Å². The number of carbonyl (C=O) groups excluding carboxylic acids is 1. The van der Waals surface area contributed by atoms with Gasteiger partial charge in [-0.05, 0) is 55.2 Å². The summed E-state index contributed by atoms with van der Waals surface area (Å²) in [4.78, 5) is 16.7. The zero-order chi connectivity index (χ0) is 26.1. The molecule has 2 aromatic rings. The Hall–Kier alpha value is -3.26. The Morgan fingerprint density at radius 3 is 2.36 bits per heavy atom. The second-order valence-corrected chi connectivity index (χ2v) is 11.2. The predicted octanol–water partition coefficient (Wildman–Crippen LogP) is 4.12. The van der Waals surface area contributed by atoms with E-state index in [1.165, 1.54) is 24.3 Å². The van der Waals surface area contributed by atoms with Gasteiger partial charge in [0.15, 0.2) is 9.84 Å². The third kappa shape index (κ3) is 5.59. The predicted molar refractivity (Wildman–Crippen MR) is 127 cm³/mol. The maximum atomic E-state index is 13.4. The zero-order valence-corrected chi connectivity index (χ0v) is 20.5. The summed E-state index contributed by atoms with van der Waals surface area (Å²) in [5, 5.41) is 9.39. The van der Waals surface area contributed by atoms with Gasteiger partial charge in [0.2, 0.25) is 0 Å². The van der Waals surface area contributed by atoms with Crippen molar-refractivity contribution in [1.29, 1.82) is 5.26 Å². The van der Waals surface area contributed by atoms with Gasteiger partial charge in [-0.2, -0.15) is 18.4 Å². The maximum Gasteiger partial charge on any atom is 0.416 e. The fourth-order valence-electron chi connectivity index (χ4n) is 4.30. The van der Waals surface area contributed by atoms with Crippen LogP contribution in [-0.2, 0) is 16.0 Å². The minimum Gasteiger partial charge on any atom is -0.492 e. The Bertz CT molecular complexity index is 1290. The van der Waals surface area contributed by atoms with Crippen LogP contribution in [0.25, 0.3) is 0 Å². The third-order valence-electron chi connectivity index (χ3n) is 6.66. The van der Waals surface area contributed by atoms with Crippen LogP contribution in [0.4, 0.5) is 18.9 Å². The molecule has 11 heteroatoms. The molecule has 0 spiro atoms. The van der Waals surface area contributed by atoms with E-state index in [-0.39, 0.29) is 35.0 Å². The van der Waals surface area contributed by atoms with E-state index in [1.807, 2.05) is 6.07 Å². The van der Waals surface area contributed by atoms with Gasteiger partial charge in [-0.15, -0.1) is 0 Å². The normalized spacial score (nSPS) is 16.9. The summed E-state index contributed by atoms with van der Waals surface area (Å²) in [5.74, 6) is 0.372. The molecule has 4 rings (SSSR count). The number of anilines is 1. The minimum atomic E-state index is -4.55. The van der Waals surface area contributed by atoms with Crippen LogP contribution in [0.1, 0.15) is 40.7 Å². The molecule has 2 aromatic carbocycles. The van der Waals surface area contributed by atoms with Crippen LogP contribution in [0.5, 0.6) is 5.75 Å². The van der Waals surface area contributed by atoms with Crippen LogP contribution in [0.3, 0.4) is 0 Å². The quantitative estimate of drug-likeness (QED) is 0.568. The number of amides is 1. The molecule has 192 valence electrons. The molecule has 1 saturated heterocycles. The van der Waals surface area contributed by atoms with Gasteiger partial charge in [0.25, 0.3) is 5.91 Å². The molecule has 36 heavy (non-hydrogen) atoms. The van der Waals surface area contributed by atoms with Crippen LogP contribution in [0.15, 0.2) is 41.3 Å². The third-order valence-corrected chi connectivity index (χ3v) is 7.77. The summed E-state index contributed by atoms with van der Waals surface area (Å²) < 4.78 is 69.2. The molecule has 0 N–H and O–H groups in total. The van der Waals surface area contributed by atoms with Gasteiger partial charge in [0.1, 0.15) is 11.8 Å². The van der Waals surface area contributed by atoms with Gasteiger partial charge in [-0.3, -0.25) is 4.79 Å². The Morgan fingerprint density at radius 1 is 1.11 bits per heavy atom. The highest BCUT2D eigenvalue weighted by atomic mass is 32.2. The molecule has 1 amide bonds. The Labute approximate surface area is 208 Å². The summed E-state index contributed by atoms with van der Waals surface area (Å²) in [6.45, 7) is 1.55. The number of hydrogen-bond acceptors (Lipinski definition) is 6. The van der Waals surface area contributed by atoms with Crippen LogP contribution in [0.2, 0.25) is 0 Å². The van der Waals surface area contributed by atoms with Gasteiger partial charge in [0.05, 0.1) is 33.9 Å². The lowest BCUT2D eigenvalue weighted by atomic mass is 9.86. The molecule has 2 aliphatic rings. The Kier molecular flexibility index (Phi) is 7.18. The van der Waals surface area contributed by atoms with Crippen LogP contribution in [-0.4, -0.2) is 58.3 Å². The first kappa shape index (κ1) is 25.8. The zero-order valence-electron chi connectivity index (χ0n) is 19.7. The number of nitrogens with zero attached hydrogens (tertiary/aromatic N) is 3. The molecule has 1 saturated carbocycles. The van der Waals surface area contributed by atoms with Crippen molar-refractivity contribution < 1.29 is 31.1 Å². The number of halogens is 3. The summed E-state index contributed by atoms with van der Waals surface area (Å²) in [5.41, 5.74) is -0.437. The molecule has 1 aliphatic heterocycles. The summed E-state index contributed by atoms with van der Waals surface area (Å²) >= 11 is 0. The summed E-state index contributed by atoms with van der Waals surface area (Å²) in [6, 6.07) is 9.15. The van der Waals surface area contributed by atoms with Gasteiger partial charge < -0.3 is 14.5 Å². The second-order valence-electron chi connectivity index (χ2n) is 9.16. The highest BCUT2D eigenvalue weighted by Crippen LogP contribution is 2.34. The van der Waals surface area contributed by atoms with Gasteiger partial charge in [-0.25, -0.2) is 8.42 Å². The standard InChI is InChI=1S/C25H26F3N3O4S/c1-36(33,34)20-6-8-23(35-16-17-3-2-4-17)21(14-20)24(32)31-11-9-30(10-12-31)22-7-5-19(25(26,27)28)13-18(22)15-29/h5-8,13-14,17H,2-4,9-12,16H2,1H3. The Morgan fingerprint density at radius 2 is 1.81 bits per heavy atom. The number of piperazine rings is 1. The number of rotatable bonds is 6. The first-order valence-electron chi connectivity index (χ1n) is 11.6. The van der Waals surface area contributed by atoms with Gasteiger partial charge in [0, 0.05) is 32.4 Å². The van der Waals surface area contributed by atoms with E-state index in [0.29, 0.717) is 37.1 Å². The van der Waals surface area contributed by atoms with Crippen molar-refractivity contribution in [3.8, 4) is 11.8 Å². The first-order chi connectivity index (χ1) is 17.0. The van der Waals surface area contributed by atoms with Crippen LogP contribution in [0, 0.1) is 17.2 Å². The number of sulfone groups is 1. The van der Waals surface area contributed by atoms with E-state index in [4.69, 9.17) is 4.74 Å². The number of alkyl halides is 3. The average molecular weight is 522 g/mol. The molecule has 7 nitrogen and oxygen atoms in total. The van der Waals surface area contributed by atoms with E-state index in [9.17, 15) is 31.6 Å². The maximum absolute atomic E-state index is 13.4. The highest BCUT2D eigenvalue weighted by Gasteiger charge is 2.32. The second kappa shape index (κ2) is 10.0. The van der Waals surface area contributed by atoms with Gasteiger partial charge >= 0.3 is 6.18 Å². The molecule has 0 unspecified atom stereocenters. The number of nitriles is 1. The fourth-order valence-corrected chi connectivity index (χ4v) is 4.95. The topological polar surface area (TPSA) is 90.7 Å². The average Bonchev–Trinajstić information content (AvgIpc) is 2.81. The highest BCUT2D eigenvalue weighted by molar-refractivity contribution is 7.90. The van der Waals surface area contributed by atoms with Crippen molar-refractivity contribution in [2.24, 2.45) is 5.92 Å². The van der Waals surface area contributed by atoms with E-state index in [2.05, 4.69) is 0 Å². The molecular weight excluding hydrogens is 495 g/mol. The van der Waals surface area contributed by atoms with Crippen molar-refractivity contribution in [3.05, 3.63) is 53.1 Å². The van der Waals surface area contributed by atoms with E-state index < -0.39 is 21.6 Å². The smallest absolute Gasteiger partial charge is 0.416 e. The number of ether oxygens (including phenoxy) is 1. The van der Waals surface area contributed by atoms with Crippen molar-refractivity contribution in [2.45, 2.75) is 30.3 Å². The molecule has 0 radical (unpaired) electrons. The van der Waals surface area contributed by atoms with E-state index in [1.54, 1.807) is 9.80 Å². The monoisotopic (exact) mass is 521 g/mol. The fraction of sp³-hybridized carbons (Fsp3) is 0.440. The SMILES string of the molecule is CS(=O)(=O)c1ccc(OCC2CCC2)c(C(=O)N2CCN(c3ccc(C(F)(F)F)cc3C#N)CC2)c1. The Balaban J connectivity index is 1.51. The molecular formula is C25H26F3N3O4S. The molecule has 0 atom stereocenters. The van der Waals surface area contributed by atoms with Crippen molar-refractivity contribution in [3.63, 3.8) is 0 Å². The van der Waals surface area contributed by atoms with E-state index >= 15 is 0 Å². The van der Waals surface area contributed by atoms with Crippen molar-refractivity contribution in [1.82, 2.24) is 4.90 Å². The van der Waals surface area contributed by atoms with Crippen LogP contribution < -0.4 is 9.64 Å². The lowest BCUT2D eigenvalue weighted by Gasteiger charge is -2.37. The molecule has 0 bridgehead atoms. The molecule has 1 aliphatic carbocycles. The first-order valence-corrected chi connectivity index (χ1v) is 13.5. The molecule has 1 heterocycles. The number of hydrogen-bond donors (Lipinski definition) is 0. The summed E-state index contributed by atoms with van der Waals surface area (Å²) in [7, 11) is -3.54. The largest absolute Gasteiger partial charge is 0.492 e. The lowest BCUT2D eigenvalue weighted by Crippen LogP contribution is -2.49. The number of carbonyl (C=O) groups is 1. The summed E-state index contributed by atoms with van der Waals surface area (Å²) in [6.07, 6.45) is -0.221. The molecule has 0 aromatic heterocycles. The van der Waals surface area contributed by atoms with Gasteiger partial charge in [-0.1, -0.05) is 6.42 Å². The van der Waals surface area contributed by atoms with E-state index in [0.717, 1.165) is 37.7 Å². The lowest BCUT2D eigenvalue weighted by molar-refractivity contribution is -0.137. The minimum absolute atomic E-state index is 0.0175.